The van der Waals surface area contributed by atoms with Crippen LogP contribution in [0, 0.1) is 0 Å². The lowest BCUT2D eigenvalue weighted by molar-refractivity contribution is 0.0990. The van der Waals surface area contributed by atoms with Crippen molar-refractivity contribution in [2.45, 2.75) is 13.5 Å². The van der Waals surface area contributed by atoms with E-state index in [0.717, 1.165) is 11.4 Å². The number of ketones is 1. The van der Waals surface area contributed by atoms with E-state index >= 15 is 0 Å². The largest absolute Gasteiger partial charge is 0.494 e. The van der Waals surface area contributed by atoms with Gasteiger partial charge in [0.1, 0.15) is 5.75 Å². The second-order valence-electron chi connectivity index (χ2n) is 4.31. The molecule has 0 aliphatic heterocycles. The summed E-state index contributed by atoms with van der Waals surface area (Å²) in [5.74, 6) is 0.842. The molecule has 4 heteroatoms. The van der Waals surface area contributed by atoms with Crippen molar-refractivity contribution in [3.8, 4) is 5.75 Å². The van der Waals surface area contributed by atoms with Gasteiger partial charge in [-0.2, -0.15) is 0 Å². The first-order chi connectivity index (χ1) is 9.79. The third kappa shape index (κ3) is 4.17. The van der Waals surface area contributed by atoms with E-state index in [-0.39, 0.29) is 5.78 Å². The SMILES string of the molecule is CCOc1ccc(C(=O)CNCc2ccccn2)cc1. The Morgan fingerprint density at radius 3 is 2.65 bits per heavy atom. The lowest BCUT2D eigenvalue weighted by Crippen LogP contribution is -2.23. The molecule has 0 bridgehead atoms. The second kappa shape index (κ2) is 7.40. The van der Waals surface area contributed by atoms with Crippen molar-refractivity contribution in [2.75, 3.05) is 13.2 Å². The first kappa shape index (κ1) is 14.2. The number of hydrogen-bond donors (Lipinski definition) is 1. The highest BCUT2D eigenvalue weighted by Crippen LogP contribution is 2.12. The summed E-state index contributed by atoms with van der Waals surface area (Å²) in [5.41, 5.74) is 1.61. The van der Waals surface area contributed by atoms with Crippen molar-refractivity contribution in [1.29, 1.82) is 0 Å². The van der Waals surface area contributed by atoms with Gasteiger partial charge in [-0.25, -0.2) is 0 Å². The molecule has 0 atom stereocenters. The average molecular weight is 270 g/mol. The number of hydrogen-bond acceptors (Lipinski definition) is 4. The van der Waals surface area contributed by atoms with Gasteiger partial charge in [-0.15, -0.1) is 0 Å². The minimum Gasteiger partial charge on any atom is -0.494 e. The molecular formula is C16H18N2O2. The van der Waals surface area contributed by atoms with Gasteiger partial charge in [-0.3, -0.25) is 9.78 Å². The van der Waals surface area contributed by atoms with Crippen LogP contribution in [0.3, 0.4) is 0 Å². The van der Waals surface area contributed by atoms with E-state index in [9.17, 15) is 4.79 Å². The average Bonchev–Trinajstić information content (AvgIpc) is 2.49. The van der Waals surface area contributed by atoms with Gasteiger partial charge >= 0.3 is 0 Å². The van der Waals surface area contributed by atoms with Gasteiger partial charge in [-0.05, 0) is 43.3 Å². The number of benzene rings is 1. The van der Waals surface area contributed by atoms with Crippen LogP contribution in [-0.4, -0.2) is 23.9 Å². The van der Waals surface area contributed by atoms with Crippen molar-refractivity contribution in [3.05, 3.63) is 59.9 Å². The second-order valence-corrected chi connectivity index (χ2v) is 4.31. The van der Waals surface area contributed by atoms with Crippen molar-refractivity contribution in [3.63, 3.8) is 0 Å². The third-order valence-corrected chi connectivity index (χ3v) is 2.81. The number of ether oxygens (including phenoxy) is 1. The molecule has 1 N–H and O–H groups in total. The molecule has 0 saturated heterocycles. The Hall–Kier alpha value is -2.20. The van der Waals surface area contributed by atoms with Crippen LogP contribution in [0.5, 0.6) is 5.75 Å². The molecule has 1 aromatic heterocycles. The predicted molar refractivity (Wildman–Crippen MR) is 77.9 cm³/mol. The monoisotopic (exact) mass is 270 g/mol. The molecule has 2 aromatic rings. The lowest BCUT2D eigenvalue weighted by Gasteiger charge is -2.06. The van der Waals surface area contributed by atoms with Crippen LogP contribution in [0.25, 0.3) is 0 Å². The lowest BCUT2D eigenvalue weighted by atomic mass is 10.1. The fourth-order valence-corrected chi connectivity index (χ4v) is 1.81. The van der Waals surface area contributed by atoms with E-state index in [0.29, 0.717) is 25.3 Å². The van der Waals surface area contributed by atoms with E-state index in [2.05, 4.69) is 10.3 Å². The highest BCUT2D eigenvalue weighted by atomic mass is 16.5. The third-order valence-electron chi connectivity index (χ3n) is 2.81. The van der Waals surface area contributed by atoms with Crippen LogP contribution in [-0.2, 0) is 6.54 Å². The first-order valence-electron chi connectivity index (χ1n) is 6.66. The van der Waals surface area contributed by atoms with Gasteiger partial charge in [0, 0.05) is 18.3 Å². The van der Waals surface area contributed by atoms with Gasteiger partial charge in [-0.1, -0.05) is 6.07 Å². The molecule has 0 fully saturated rings. The van der Waals surface area contributed by atoms with Crippen LogP contribution in [0.2, 0.25) is 0 Å². The zero-order chi connectivity index (χ0) is 14.2. The Bertz CT molecular complexity index is 538. The maximum absolute atomic E-state index is 12.0. The van der Waals surface area contributed by atoms with E-state index in [4.69, 9.17) is 4.74 Å². The molecule has 2 rings (SSSR count). The van der Waals surface area contributed by atoms with E-state index in [1.54, 1.807) is 18.3 Å². The maximum atomic E-state index is 12.0. The standard InChI is InChI=1S/C16H18N2O2/c1-2-20-15-8-6-13(7-9-15)16(19)12-17-11-14-5-3-4-10-18-14/h3-10,17H,2,11-12H2,1H3. The molecule has 0 radical (unpaired) electrons. The molecular weight excluding hydrogens is 252 g/mol. The Morgan fingerprint density at radius 1 is 1.20 bits per heavy atom. The molecule has 104 valence electrons. The van der Waals surface area contributed by atoms with Crippen LogP contribution < -0.4 is 10.1 Å². The van der Waals surface area contributed by atoms with Crippen molar-refractivity contribution in [2.24, 2.45) is 0 Å². The highest BCUT2D eigenvalue weighted by Gasteiger charge is 2.05. The molecule has 0 spiro atoms. The van der Waals surface area contributed by atoms with Crippen LogP contribution in [0.1, 0.15) is 23.0 Å². The molecule has 20 heavy (non-hydrogen) atoms. The molecule has 0 aliphatic rings. The molecule has 0 saturated carbocycles. The van der Waals surface area contributed by atoms with Gasteiger partial charge < -0.3 is 10.1 Å². The van der Waals surface area contributed by atoms with E-state index < -0.39 is 0 Å². The van der Waals surface area contributed by atoms with Crippen molar-refractivity contribution < 1.29 is 9.53 Å². The highest BCUT2D eigenvalue weighted by molar-refractivity contribution is 5.97. The molecule has 0 amide bonds. The molecule has 1 aromatic carbocycles. The van der Waals surface area contributed by atoms with Gasteiger partial charge in [0.25, 0.3) is 0 Å². The summed E-state index contributed by atoms with van der Waals surface area (Å²) >= 11 is 0. The summed E-state index contributed by atoms with van der Waals surface area (Å²) in [6.45, 7) is 3.44. The fraction of sp³-hybridized carbons (Fsp3) is 0.250. The van der Waals surface area contributed by atoms with Gasteiger partial charge in [0.2, 0.25) is 0 Å². The molecule has 4 nitrogen and oxygen atoms in total. The Morgan fingerprint density at radius 2 is 2.00 bits per heavy atom. The minimum atomic E-state index is 0.0592. The zero-order valence-electron chi connectivity index (χ0n) is 11.5. The van der Waals surface area contributed by atoms with Gasteiger partial charge in [0.15, 0.2) is 5.78 Å². The van der Waals surface area contributed by atoms with Crippen LogP contribution in [0.15, 0.2) is 48.7 Å². The summed E-state index contributed by atoms with van der Waals surface area (Å²) in [5, 5.41) is 3.10. The number of Topliss-reactive ketones (excluding diaryl/α,β-unsaturated/α-hetero) is 1. The number of pyridine rings is 1. The maximum Gasteiger partial charge on any atom is 0.176 e. The topological polar surface area (TPSA) is 51.2 Å². The van der Waals surface area contributed by atoms with E-state index in [1.807, 2.05) is 37.3 Å². The fourth-order valence-electron chi connectivity index (χ4n) is 1.81. The van der Waals surface area contributed by atoms with Crippen molar-refractivity contribution in [1.82, 2.24) is 10.3 Å². The number of aromatic nitrogens is 1. The Labute approximate surface area is 118 Å². The summed E-state index contributed by atoms with van der Waals surface area (Å²) in [6.07, 6.45) is 1.74. The summed E-state index contributed by atoms with van der Waals surface area (Å²) in [6, 6.07) is 12.9. The van der Waals surface area contributed by atoms with E-state index in [1.165, 1.54) is 0 Å². The normalized spacial score (nSPS) is 10.2. The number of nitrogens with zero attached hydrogens (tertiary/aromatic N) is 1. The zero-order valence-corrected chi connectivity index (χ0v) is 11.5. The molecule has 0 aliphatic carbocycles. The Kier molecular flexibility index (Phi) is 5.26. The summed E-state index contributed by atoms with van der Waals surface area (Å²) in [4.78, 5) is 16.2. The van der Waals surface area contributed by atoms with Gasteiger partial charge in [0.05, 0.1) is 18.8 Å². The number of carbonyl (C=O) groups excluding carboxylic acids is 1. The minimum absolute atomic E-state index is 0.0592. The van der Waals surface area contributed by atoms with Crippen LogP contribution >= 0.6 is 0 Å². The summed E-state index contributed by atoms with van der Waals surface area (Å²) < 4.78 is 5.34. The predicted octanol–water partition coefficient (Wildman–Crippen LogP) is 2.45. The molecule has 0 unspecified atom stereocenters. The van der Waals surface area contributed by atoms with Crippen molar-refractivity contribution >= 4 is 5.78 Å². The Balaban J connectivity index is 1.82. The quantitative estimate of drug-likeness (QED) is 0.785. The first-order valence-corrected chi connectivity index (χ1v) is 6.66. The number of nitrogens with one attached hydrogen (secondary N) is 1. The number of carbonyl (C=O) groups is 1. The summed E-state index contributed by atoms with van der Waals surface area (Å²) in [7, 11) is 0. The number of rotatable bonds is 7. The molecule has 1 heterocycles. The van der Waals surface area contributed by atoms with Crippen LogP contribution in [0.4, 0.5) is 0 Å². The smallest absolute Gasteiger partial charge is 0.176 e.